The van der Waals surface area contributed by atoms with Crippen LogP contribution in [0.15, 0.2) is 30.5 Å². The van der Waals surface area contributed by atoms with E-state index >= 15 is 0 Å². The van der Waals surface area contributed by atoms with Crippen LogP contribution in [0.3, 0.4) is 0 Å². The van der Waals surface area contributed by atoms with Gasteiger partial charge >= 0.3 is 0 Å². The molecule has 0 aliphatic carbocycles. The van der Waals surface area contributed by atoms with Gasteiger partial charge in [0, 0.05) is 43.6 Å². The Labute approximate surface area is 153 Å². The van der Waals surface area contributed by atoms with E-state index in [1.165, 1.54) is 18.7 Å². The quantitative estimate of drug-likeness (QED) is 0.884. The lowest BCUT2D eigenvalue weighted by atomic mass is 9.92. The summed E-state index contributed by atoms with van der Waals surface area (Å²) in [5.74, 6) is 1.24. The Bertz CT molecular complexity index is 739. The van der Waals surface area contributed by atoms with Crippen LogP contribution in [0.2, 0.25) is 0 Å². The molecule has 26 heavy (non-hydrogen) atoms. The molecule has 1 aromatic heterocycles. The highest BCUT2D eigenvalue weighted by Crippen LogP contribution is 2.24. The van der Waals surface area contributed by atoms with Crippen LogP contribution in [0, 0.1) is 5.92 Å². The summed E-state index contributed by atoms with van der Waals surface area (Å²) in [7, 11) is 0. The molecule has 2 aliphatic heterocycles. The molecule has 0 bridgehead atoms. The standard InChI is InChI=1S/C20H26N4O2/c21-19(15-8-11-26-12-9-15)20(25)22-16-6-4-14(5-7-16)17-13-24-10-2-1-3-18(24)23-17/h4-7,13,15,19H,1-3,8-12,21H2,(H,22,25). The summed E-state index contributed by atoms with van der Waals surface area (Å²) in [4.78, 5) is 17.2. The highest BCUT2D eigenvalue weighted by molar-refractivity contribution is 5.95. The predicted octanol–water partition coefficient (Wildman–Crippen LogP) is 2.58. The fraction of sp³-hybridized carbons (Fsp3) is 0.500. The average Bonchev–Trinajstić information content (AvgIpc) is 3.13. The van der Waals surface area contributed by atoms with Gasteiger partial charge in [-0.3, -0.25) is 4.79 Å². The third-order valence-electron chi connectivity index (χ3n) is 5.43. The van der Waals surface area contributed by atoms with Crippen molar-refractivity contribution >= 4 is 11.6 Å². The number of aromatic nitrogens is 2. The zero-order chi connectivity index (χ0) is 17.9. The molecule has 3 N–H and O–H groups in total. The third-order valence-corrected chi connectivity index (χ3v) is 5.43. The number of nitrogens with zero attached hydrogens (tertiary/aromatic N) is 2. The molecule has 0 radical (unpaired) electrons. The fourth-order valence-corrected chi connectivity index (χ4v) is 3.79. The Morgan fingerprint density at radius 3 is 2.73 bits per heavy atom. The largest absolute Gasteiger partial charge is 0.381 e. The molecule has 2 aromatic rings. The van der Waals surface area contributed by atoms with Crippen LogP contribution < -0.4 is 11.1 Å². The van der Waals surface area contributed by atoms with Crippen molar-refractivity contribution in [2.24, 2.45) is 11.7 Å². The van der Waals surface area contributed by atoms with Gasteiger partial charge in [0.05, 0.1) is 11.7 Å². The maximum Gasteiger partial charge on any atom is 0.241 e. The lowest BCUT2D eigenvalue weighted by molar-refractivity contribution is -0.119. The maximum atomic E-state index is 12.4. The SMILES string of the molecule is NC(C(=O)Nc1ccc(-c2cn3c(n2)CCCC3)cc1)C1CCOCC1. The number of aryl methyl sites for hydroxylation is 2. The van der Waals surface area contributed by atoms with Crippen LogP contribution in [-0.2, 0) is 22.5 Å². The molecule has 138 valence electrons. The first-order chi connectivity index (χ1) is 12.7. The second kappa shape index (κ2) is 7.60. The summed E-state index contributed by atoms with van der Waals surface area (Å²) in [5, 5.41) is 2.94. The van der Waals surface area contributed by atoms with Gasteiger partial charge in [-0.05, 0) is 43.7 Å². The number of imidazole rings is 1. The Balaban J connectivity index is 1.41. The molecular weight excluding hydrogens is 328 g/mol. The number of anilines is 1. The first kappa shape index (κ1) is 17.2. The highest BCUT2D eigenvalue weighted by atomic mass is 16.5. The molecule has 1 unspecified atom stereocenters. The Kier molecular flexibility index (Phi) is 5.04. The topological polar surface area (TPSA) is 82.2 Å². The van der Waals surface area contributed by atoms with Crippen molar-refractivity contribution in [2.45, 2.75) is 44.7 Å². The van der Waals surface area contributed by atoms with Crippen molar-refractivity contribution in [2.75, 3.05) is 18.5 Å². The van der Waals surface area contributed by atoms with Crippen molar-refractivity contribution in [1.82, 2.24) is 9.55 Å². The first-order valence-corrected chi connectivity index (χ1v) is 9.51. The molecule has 1 saturated heterocycles. The molecule has 3 heterocycles. The zero-order valence-electron chi connectivity index (χ0n) is 15.0. The van der Waals surface area contributed by atoms with Crippen LogP contribution in [-0.4, -0.2) is 34.7 Å². The molecule has 0 saturated carbocycles. The molecular formula is C20H26N4O2. The van der Waals surface area contributed by atoms with Crippen molar-refractivity contribution in [3.63, 3.8) is 0 Å². The number of hydrogen-bond acceptors (Lipinski definition) is 4. The van der Waals surface area contributed by atoms with Gasteiger partial charge in [0.2, 0.25) is 5.91 Å². The summed E-state index contributed by atoms with van der Waals surface area (Å²) < 4.78 is 7.59. The fourth-order valence-electron chi connectivity index (χ4n) is 3.79. The number of nitrogens with one attached hydrogen (secondary N) is 1. The second-order valence-corrected chi connectivity index (χ2v) is 7.24. The van der Waals surface area contributed by atoms with Gasteiger partial charge in [0.1, 0.15) is 5.82 Å². The molecule has 6 heteroatoms. The molecule has 1 amide bonds. The van der Waals surface area contributed by atoms with Gasteiger partial charge < -0.3 is 20.4 Å². The van der Waals surface area contributed by atoms with Crippen molar-refractivity contribution in [3.8, 4) is 11.3 Å². The van der Waals surface area contributed by atoms with E-state index < -0.39 is 6.04 Å². The summed E-state index contributed by atoms with van der Waals surface area (Å²) >= 11 is 0. The van der Waals surface area contributed by atoms with Crippen LogP contribution >= 0.6 is 0 Å². The number of ether oxygens (including phenoxy) is 1. The summed E-state index contributed by atoms with van der Waals surface area (Å²) in [6, 6.07) is 7.36. The average molecular weight is 354 g/mol. The number of benzene rings is 1. The van der Waals surface area contributed by atoms with Crippen molar-refractivity contribution < 1.29 is 9.53 Å². The van der Waals surface area contributed by atoms with Gasteiger partial charge in [-0.1, -0.05) is 12.1 Å². The molecule has 6 nitrogen and oxygen atoms in total. The van der Waals surface area contributed by atoms with Crippen LogP contribution in [0.5, 0.6) is 0 Å². The van der Waals surface area contributed by atoms with E-state index in [2.05, 4.69) is 16.1 Å². The third kappa shape index (κ3) is 3.66. The summed E-state index contributed by atoms with van der Waals surface area (Å²) in [5.41, 5.74) is 8.97. The zero-order valence-corrected chi connectivity index (χ0v) is 15.0. The van der Waals surface area contributed by atoms with Crippen LogP contribution in [0.25, 0.3) is 11.3 Å². The number of rotatable bonds is 4. The predicted molar refractivity (Wildman–Crippen MR) is 101 cm³/mol. The minimum atomic E-state index is -0.488. The maximum absolute atomic E-state index is 12.4. The van der Waals surface area contributed by atoms with Gasteiger partial charge in [-0.2, -0.15) is 0 Å². The van der Waals surface area contributed by atoms with E-state index in [1.54, 1.807) is 0 Å². The van der Waals surface area contributed by atoms with Gasteiger partial charge in [-0.25, -0.2) is 4.98 Å². The van der Waals surface area contributed by atoms with Gasteiger partial charge in [0.25, 0.3) is 0 Å². The van der Waals surface area contributed by atoms with Crippen molar-refractivity contribution in [3.05, 3.63) is 36.3 Å². The minimum absolute atomic E-state index is 0.123. The van der Waals surface area contributed by atoms with E-state index in [0.29, 0.717) is 13.2 Å². The van der Waals surface area contributed by atoms with Gasteiger partial charge in [-0.15, -0.1) is 0 Å². The summed E-state index contributed by atoms with van der Waals surface area (Å²) in [6.45, 7) is 2.44. The summed E-state index contributed by atoms with van der Waals surface area (Å²) in [6.07, 6.45) is 7.31. The minimum Gasteiger partial charge on any atom is -0.381 e. The molecule has 1 aromatic carbocycles. The van der Waals surface area contributed by atoms with Crippen molar-refractivity contribution in [1.29, 1.82) is 0 Å². The number of amides is 1. The van der Waals surface area contributed by atoms with E-state index in [9.17, 15) is 4.79 Å². The number of nitrogens with two attached hydrogens (primary N) is 1. The van der Waals surface area contributed by atoms with E-state index in [4.69, 9.17) is 15.5 Å². The second-order valence-electron chi connectivity index (χ2n) is 7.24. The molecule has 0 spiro atoms. The van der Waals surface area contributed by atoms with E-state index in [1.807, 2.05) is 24.3 Å². The monoisotopic (exact) mass is 354 g/mol. The first-order valence-electron chi connectivity index (χ1n) is 9.51. The molecule has 1 fully saturated rings. The smallest absolute Gasteiger partial charge is 0.241 e. The number of carbonyl (C=O) groups is 1. The number of hydrogen-bond donors (Lipinski definition) is 2. The Morgan fingerprint density at radius 1 is 1.23 bits per heavy atom. The molecule has 2 aliphatic rings. The lowest BCUT2D eigenvalue weighted by Crippen LogP contribution is -2.43. The number of fused-ring (bicyclic) bond motifs is 1. The van der Waals surface area contributed by atoms with Crippen LogP contribution in [0.1, 0.15) is 31.5 Å². The highest BCUT2D eigenvalue weighted by Gasteiger charge is 2.26. The van der Waals surface area contributed by atoms with E-state index in [0.717, 1.165) is 42.8 Å². The normalized spacial score (nSPS) is 19.0. The number of carbonyl (C=O) groups excluding carboxylic acids is 1. The Hall–Kier alpha value is -2.18. The van der Waals surface area contributed by atoms with Gasteiger partial charge in [0.15, 0.2) is 0 Å². The van der Waals surface area contributed by atoms with Crippen LogP contribution in [0.4, 0.5) is 5.69 Å². The van der Waals surface area contributed by atoms with E-state index in [-0.39, 0.29) is 11.8 Å². The molecule has 4 rings (SSSR count). The lowest BCUT2D eigenvalue weighted by Gasteiger charge is -2.26. The molecule has 1 atom stereocenters. The Morgan fingerprint density at radius 2 is 2.00 bits per heavy atom.